The number of rotatable bonds is 4. The minimum absolute atomic E-state index is 0.0406. The third-order valence-electron chi connectivity index (χ3n) is 3.58. The fraction of sp³-hybridized carbons (Fsp3) is 0.643. The average Bonchev–Trinajstić information content (AvgIpc) is 2.66. The van der Waals surface area contributed by atoms with Crippen molar-refractivity contribution in [3.63, 3.8) is 0 Å². The van der Waals surface area contributed by atoms with Gasteiger partial charge >= 0.3 is 0 Å². The van der Waals surface area contributed by atoms with Gasteiger partial charge in [-0.25, -0.2) is 0 Å². The summed E-state index contributed by atoms with van der Waals surface area (Å²) in [5.41, 5.74) is 0.921. The standard InChI is InChI=1S/C14H21BrN2O/c15-11-7-8-13(16-9-11)14(10-18)17-12-5-3-1-2-4-6-12/h7-9,12,14,17-18H,1-6,10H2. The molecule has 1 unspecified atom stereocenters. The van der Waals surface area contributed by atoms with Gasteiger partial charge in [0.15, 0.2) is 0 Å². The molecule has 4 heteroatoms. The summed E-state index contributed by atoms with van der Waals surface area (Å²) in [5, 5.41) is 13.1. The zero-order valence-corrected chi connectivity index (χ0v) is 12.2. The van der Waals surface area contributed by atoms with Crippen molar-refractivity contribution in [1.29, 1.82) is 0 Å². The smallest absolute Gasteiger partial charge is 0.0732 e. The second-order valence-electron chi connectivity index (χ2n) is 4.99. The third-order valence-corrected chi connectivity index (χ3v) is 4.05. The predicted molar refractivity (Wildman–Crippen MR) is 76.4 cm³/mol. The zero-order chi connectivity index (χ0) is 12.8. The topological polar surface area (TPSA) is 45.1 Å². The molecule has 1 atom stereocenters. The first-order valence-corrected chi connectivity index (χ1v) is 7.57. The van der Waals surface area contributed by atoms with E-state index in [9.17, 15) is 5.11 Å². The van der Waals surface area contributed by atoms with Crippen molar-refractivity contribution in [3.8, 4) is 0 Å². The highest BCUT2D eigenvalue weighted by Gasteiger charge is 2.18. The van der Waals surface area contributed by atoms with Gasteiger partial charge < -0.3 is 10.4 Å². The van der Waals surface area contributed by atoms with E-state index < -0.39 is 0 Å². The van der Waals surface area contributed by atoms with E-state index in [1.54, 1.807) is 6.20 Å². The lowest BCUT2D eigenvalue weighted by Crippen LogP contribution is -2.34. The number of nitrogens with one attached hydrogen (secondary N) is 1. The molecule has 1 aromatic rings. The molecule has 2 N–H and O–H groups in total. The van der Waals surface area contributed by atoms with Crippen LogP contribution in [0.1, 0.15) is 50.3 Å². The van der Waals surface area contributed by atoms with Crippen LogP contribution < -0.4 is 5.32 Å². The Hall–Kier alpha value is -0.450. The number of pyridine rings is 1. The van der Waals surface area contributed by atoms with E-state index in [0.717, 1.165) is 10.2 Å². The number of hydrogen-bond donors (Lipinski definition) is 2. The predicted octanol–water partition coefficient (Wildman–Crippen LogP) is 3.19. The molecule has 3 nitrogen and oxygen atoms in total. The summed E-state index contributed by atoms with van der Waals surface area (Å²) in [4.78, 5) is 4.37. The van der Waals surface area contributed by atoms with Crippen LogP contribution in [-0.4, -0.2) is 22.7 Å². The summed E-state index contributed by atoms with van der Waals surface area (Å²) < 4.78 is 0.970. The first-order chi connectivity index (χ1) is 8.79. The van der Waals surface area contributed by atoms with Crippen molar-refractivity contribution in [1.82, 2.24) is 10.3 Å². The van der Waals surface area contributed by atoms with Crippen molar-refractivity contribution in [3.05, 3.63) is 28.5 Å². The number of nitrogens with zero attached hydrogens (tertiary/aromatic N) is 1. The van der Waals surface area contributed by atoms with E-state index in [2.05, 4.69) is 26.2 Å². The van der Waals surface area contributed by atoms with Gasteiger partial charge in [0.25, 0.3) is 0 Å². The molecule has 1 fully saturated rings. The molecule has 1 heterocycles. The highest BCUT2D eigenvalue weighted by Crippen LogP contribution is 2.21. The van der Waals surface area contributed by atoms with Gasteiger partial charge in [0.05, 0.1) is 18.3 Å². The largest absolute Gasteiger partial charge is 0.394 e. The molecule has 100 valence electrons. The van der Waals surface area contributed by atoms with Gasteiger partial charge in [-0.05, 0) is 40.9 Å². The van der Waals surface area contributed by atoms with Gasteiger partial charge in [0, 0.05) is 16.7 Å². The van der Waals surface area contributed by atoms with E-state index in [1.807, 2.05) is 12.1 Å². The zero-order valence-electron chi connectivity index (χ0n) is 10.6. The Labute approximate surface area is 117 Å². The molecule has 2 rings (SSSR count). The number of halogens is 1. The molecule has 1 aliphatic carbocycles. The average molecular weight is 313 g/mol. The summed E-state index contributed by atoms with van der Waals surface area (Å²) in [6.45, 7) is 0.102. The van der Waals surface area contributed by atoms with Crippen LogP contribution in [0.2, 0.25) is 0 Å². The van der Waals surface area contributed by atoms with Crippen molar-refractivity contribution in [2.24, 2.45) is 0 Å². The van der Waals surface area contributed by atoms with Crippen LogP contribution in [-0.2, 0) is 0 Å². The van der Waals surface area contributed by atoms with Crippen LogP contribution in [0.25, 0.3) is 0 Å². The number of aromatic nitrogens is 1. The minimum Gasteiger partial charge on any atom is -0.394 e. The van der Waals surface area contributed by atoms with E-state index in [-0.39, 0.29) is 12.6 Å². The van der Waals surface area contributed by atoms with Gasteiger partial charge in [0.1, 0.15) is 0 Å². The van der Waals surface area contributed by atoms with Crippen molar-refractivity contribution in [2.45, 2.75) is 50.6 Å². The monoisotopic (exact) mass is 312 g/mol. The lowest BCUT2D eigenvalue weighted by molar-refractivity contribution is 0.225. The highest BCUT2D eigenvalue weighted by atomic mass is 79.9. The van der Waals surface area contributed by atoms with Gasteiger partial charge in [-0.15, -0.1) is 0 Å². The second-order valence-corrected chi connectivity index (χ2v) is 5.91. The summed E-state index contributed by atoms with van der Waals surface area (Å²) in [5.74, 6) is 0. The first-order valence-electron chi connectivity index (χ1n) is 6.78. The molecule has 0 radical (unpaired) electrons. The van der Waals surface area contributed by atoms with Crippen LogP contribution in [0, 0.1) is 0 Å². The number of aliphatic hydroxyl groups excluding tert-OH is 1. The number of hydrogen-bond acceptors (Lipinski definition) is 3. The fourth-order valence-electron chi connectivity index (χ4n) is 2.56. The van der Waals surface area contributed by atoms with Crippen molar-refractivity contribution >= 4 is 15.9 Å². The maximum absolute atomic E-state index is 9.54. The van der Waals surface area contributed by atoms with E-state index >= 15 is 0 Å². The van der Waals surface area contributed by atoms with E-state index in [0.29, 0.717) is 6.04 Å². The Bertz CT molecular complexity index is 347. The van der Waals surface area contributed by atoms with E-state index in [4.69, 9.17) is 0 Å². The van der Waals surface area contributed by atoms with Crippen molar-refractivity contribution in [2.75, 3.05) is 6.61 Å². The Morgan fingerprint density at radius 3 is 2.56 bits per heavy atom. The van der Waals surface area contributed by atoms with Crippen LogP contribution in [0.3, 0.4) is 0 Å². The minimum atomic E-state index is -0.0406. The molecule has 18 heavy (non-hydrogen) atoms. The second kappa shape index (κ2) is 7.22. The molecule has 1 aliphatic rings. The van der Waals surface area contributed by atoms with E-state index in [1.165, 1.54) is 38.5 Å². The quantitative estimate of drug-likeness (QED) is 0.839. The Kier molecular flexibility index (Phi) is 5.60. The lowest BCUT2D eigenvalue weighted by Gasteiger charge is -2.23. The maximum Gasteiger partial charge on any atom is 0.0732 e. The summed E-state index contributed by atoms with van der Waals surface area (Å²) >= 11 is 3.38. The molecule has 1 aromatic heterocycles. The molecule has 0 spiro atoms. The third kappa shape index (κ3) is 4.04. The molecule has 0 amide bonds. The van der Waals surface area contributed by atoms with Gasteiger partial charge in [-0.1, -0.05) is 25.7 Å². The highest BCUT2D eigenvalue weighted by molar-refractivity contribution is 9.10. The van der Waals surface area contributed by atoms with Crippen LogP contribution in [0.15, 0.2) is 22.8 Å². The molecular formula is C14H21BrN2O. The Morgan fingerprint density at radius 1 is 1.28 bits per heavy atom. The molecule has 0 aliphatic heterocycles. The Morgan fingerprint density at radius 2 is 2.00 bits per heavy atom. The summed E-state index contributed by atoms with van der Waals surface area (Å²) in [7, 11) is 0. The SMILES string of the molecule is OCC(NC1CCCCCC1)c1ccc(Br)cn1. The normalized spacial score (nSPS) is 19.4. The van der Waals surface area contributed by atoms with Crippen LogP contribution in [0.5, 0.6) is 0 Å². The van der Waals surface area contributed by atoms with Gasteiger partial charge in [-0.2, -0.15) is 0 Å². The molecule has 0 aromatic carbocycles. The molecule has 1 saturated carbocycles. The Balaban J connectivity index is 1.97. The van der Waals surface area contributed by atoms with Crippen LogP contribution in [0.4, 0.5) is 0 Å². The number of aliphatic hydroxyl groups is 1. The molecule has 0 bridgehead atoms. The lowest BCUT2D eigenvalue weighted by atomic mass is 10.1. The van der Waals surface area contributed by atoms with Crippen LogP contribution >= 0.6 is 15.9 Å². The molecular weight excluding hydrogens is 292 g/mol. The molecule has 0 saturated heterocycles. The van der Waals surface area contributed by atoms with Gasteiger partial charge in [0.2, 0.25) is 0 Å². The maximum atomic E-state index is 9.54. The first kappa shape index (κ1) is 14.0. The summed E-state index contributed by atoms with van der Waals surface area (Å²) in [6, 6.07) is 4.42. The summed E-state index contributed by atoms with van der Waals surface area (Å²) in [6.07, 6.45) is 9.50. The fourth-order valence-corrected chi connectivity index (χ4v) is 2.79. The van der Waals surface area contributed by atoms with Crippen molar-refractivity contribution < 1.29 is 5.11 Å². The van der Waals surface area contributed by atoms with Gasteiger partial charge in [-0.3, -0.25) is 4.98 Å².